The van der Waals surface area contributed by atoms with Crippen molar-refractivity contribution in [1.29, 1.82) is 0 Å². The van der Waals surface area contributed by atoms with Crippen LogP contribution in [0.2, 0.25) is 0 Å². The summed E-state index contributed by atoms with van der Waals surface area (Å²) in [6.45, 7) is 6.24. The lowest BCUT2D eigenvalue weighted by Gasteiger charge is -2.26. The van der Waals surface area contributed by atoms with Gasteiger partial charge in [-0.05, 0) is 62.2 Å². The fraction of sp³-hybridized carbons (Fsp3) is 0.409. The molecule has 5 nitrogen and oxygen atoms in total. The zero-order valence-electron chi connectivity index (χ0n) is 16.6. The molecule has 2 atom stereocenters. The Morgan fingerprint density at radius 2 is 2.18 bits per heavy atom. The van der Waals surface area contributed by atoms with Gasteiger partial charge in [-0.15, -0.1) is 0 Å². The van der Waals surface area contributed by atoms with E-state index in [9.17, 15) is 4.39 Å². The Morgan fingerprint density at radius 3 is 2.93 bits per heavy atom. The van der Waals surface area contributed by atoms with E-state index in [2.05, 4.69) is 41.9 Å². The van der Waals surface area contributed by atoms with E-state index in [0.717, 1.165) is 42.2 Å². The highest BCUT2D eigenvalue weighted by atomic mass is 19.1. The summed E-state index contributed by atoms with van der Waals surface area (Å²) in [4.78, 5) is 4.86. The van der Waals surface area contributed by atoms with Crippen molar-refractivity contribution in [1.82, 2.24) is 15.6 Å². The predicted molar refractivity (Wildman–Crippen MR) is 110 cm³/mol. The lowest BCUT2D eigenvalue weighted by atomic mass is 9.98. The van der Waals surface area contributed by atoms with E-state index in [1.165, 1.54) is 6.07 Å². The third kappa shape index (κ3) is 3.69. The molecule has 0 amide bonds. The first kappa shape index (κ1) is 18.7. The fourth-order valence-electron chi connectivity index (χ4n) is 4.06. The standard InChI is InChI=1S/C22H27FN4O/c1-14-9-18(26-20(10-14)27-22(2)7-8-24-13-22)17-11-15(12-25-17)21-16(23)5-4-6-19(21)28-3/h4-6,9-10,12,17,24-25H,7-8,11,13H2,1-3H3,(H,26,27). The summed E-state index contributed by atoms with van der Waals surface area (Å²) in [5.74, 6) is 1.17. The van der Waals surface area contributed by atoms with Crippen molar-refractivity contribution in [2.45, 2.75) is 38.3 Å². The number of methoxy groups -OCH3 is 1. The van der Waals surface area contributed by atoms with Crippen molar-refractivity contribution in [3.63, 3.8) is 0 Å². The maximum Gasteiger partial charge on any atom is 0.134 e. The van der Waals surface area contributed by atoms with Crippen LogP contribution < -0.4 is 20.7 Å². The maximum atomic E-state index is 14.4. The summed E-state index contributed by atoms with van der Waals surface area (Å²) in [5, 5.41) is 10.4. The zero-order valence-corrected chi connectivity index (χ0v) is 16.6. The van der Waals surface area contributed by atoms with E-state index in [0.29, 0.717) is 17.7 Å². The molecule has 2 aliphatic heterocycles. The minimum atomic E-state index is -0.269. The topological polar surface area (TPSA) is 58.2 Å². The Hall–Kier alpha value is -2.60. The molecule has 1 saturated heterocycles. The number of ether oxygens (including phenoxy) is 1. The first-order chi connectivity index (χ1) is 13.5. The van der Waals surface area contributed by atoms with Gasteiger partial charge >= 0.3 is 0 Å². The number of nitrogens with zero attached hydrogens (tertiary/aromatic N) is 1. The number of nitrogens with one attached hydrogen (secondary N) is 3. The van der Waals surface area contributed by atoms with Crippen molar-refractivity contribution in [2.75, 3.05) is 25.5 Å². The van der Waals surface area contributed by atoms with Crippen LogP contribution >= 0.6 is 0 Å². The Balaban J connectivity index is 1.55. The van der Waals surface area contributed by atoms with Crippen molar-refractivity contribution in [3.05, 3.63) is 59.2 Å². The molecule has 2 aliphatic rings. The highest BCUT2D eigenvalue weighted by Crippen LogP contribution is 2.38. The van der Waals surface area contributed by atoms with Gasteiger partial charge in [-0.25, -0.2) is 9.37 Å². The monoisotopic (exact) mass is 382 g/mol. The summed E-state index contributed by atoms with van der Waals surface area (Å²) in [6.07, 6.45) is 3.61. The molecule has 1 aromatic heterocycles. The van der Waals surface area contributed by atoms with E-state index in [4.69, 9.17) is 9.72 Å². The summed E-state index contributed by atoms with van der Waals surface area (Å²) >= 11 is 0. The highest BCUT2D eigenvalue weighted by molar-refractivity contribution is 5.73. The minimum Gasteiger partial charge on any atom is -0.496 e. The number of aromatic nitrogens is 1. The van der Waals surface area contributed by atoms with Crippen LogP contribution in [-0.2, 0) is 0 Å². The Kier molecular flexibility index (Phi) is 4.98. The molecule has 0 saturated carbocycles. The van der Waals surface area contributed by atoms with E-state index in [1.807, 2.05) is 6.20 Å². The molecule has 3 N–H and O–H groups in total. The van der Waals surface area contributed by atoms with Crippen LogP contribution in [0.1, 0.15) is 42.6 Å². The third-order valence-electron chi connectivity index (χ3n) is 5.54. The Bertz CT molecular complexity index is 905. The smallest absolute Gasteiger partial charge is 0.134 e. The van der Waals surface area contributed by atoms with Gasteiger partial charge in [0, 0.05) is 24.7 Å². The zero-order chi connectivity index (χ0) is 19.7. The largest absolute Gasteiger partial charge is 0.496 e. The number of aryl methyl sites for hydroxylation is 1. The van der Waals surface area contributed by atoms with Gasteiger partial charge in [0.25, 0.3) is 0 Å². The van der Waals surface area contributed by atoms with Gasteiger partial charge in [0.1, 0.15) is 17.4 Å². The van der Waals surface area contributed by atoms with Gasteiger partial charge in [-0.1, -0.05) is 6.07 Å². The van der Waals surface area contributed by atoms with Gasteiger partial charge in [0.2, 0.25) is 0 Å². The van der Waals surface area contributed by atoms with Gasteiger partial charge in [-0.3, -0.25) is 0 Å². The number of hydrogen-bond donors (Lipinski definition) is 3. The Labute approximate surface area is 165 Å². The van der Waals surface area contributed by atoms with E-state index < -0.39 is 0 Å². The van der Waals surface area contributed by atoms with Gasteiger partial charge in [-0.2, -0.15) is 0 Å². The van der Waals surface area contributed by atoms with Crippen molar-refractivity contribution < 1.29 is 9.13 Å². The molecule has 0 aliphatic carbocycles. The number of rotatable bonds is 5. The van der Waals surface area contributed by atoms with Crippen LogP contribution in [-0.4, -0.2) is 30.7 Å². The summed E-state index contributed by atoms with van der Waals surface area (Å²) in [6, 6.07) is 9.10. The molecule has 4 rings (SSSR count). The molecule has 2 unspecified atom stereocenters. The van der Waals surface area contributed by atoms with Crippen molar-refractivity contribution in [2.24, 2.45) is 0 Å². The van der Waals surface area contributed by atoms with Crippen LogP contribution in [0.15, 0.2) is 36.5 Å². The first-order valence-electron chi connectivity index (χ1n) is 9.73. The van der Waals surface area contributed by atoms with Gasteiger partial charge in [0.05, 0.1) is 24.4 Å². The Morgan fingerprint density at radius 1 is 1.32 bits per heavy atom. The van der Waals surface area contributed by atoms with Crippen molar-refractivity contribution >= 4 is 11.4 Å². The van der Waals surface area contributed by atoms with Crippen LogP contribution in [0.5, 0.6) is 5.75 Å². The number of pyridine rings is 1. The normalized spacial score (nSPS) is 24.0. The molecule has 3 heterocycles. The van der Waals surface area contributed by atoms with Gasteiger partial charge in [0.15, 0.2) is 0 Å². The fourth-order valence-corrected chi connectivity index (χ4v) is 4.06. The molecular formula is C22H27FN4O. The SMILES string of the molecule is COc1cccc(F)c1C1=CNC(c2cc(C)cc(NC3(C)CCNC3)n2)C1. The van der Waals surface area contributed by atoms with Crippen LogP contribution in [0.3, 0.4) is 0 Å². The third-order valence-corrected chi connectivity index (χ3v) is 5.54. The van der Waals surface area contributed by atoms with Crippen LogP contribution in [0.25, 0.3) is 5.57 Å². The number of anilines is 1. The highest BCUT2D eigenvalue weighted by Gasteiger charge is 2.29. The molecular weight excluding hydrogens is 355 g/mol. The van der Waals surface area contributed by atoms with Crippen LogP contribution in [0.4, 0.5) is 10.2 Å². The van der Waals surface area contributed by atoms with Crippen LogP contribution in [0, 0.1) is 12.7 Å². The van der Waals surface area contributed by atoms with Gasteiger partial charge < -0.3 is 20.7 Å². The second-order valence-corrected chi connectivity index (χ2v) is 7.98. The first-order valence-corrected chi connectivity index (χ1v) is 9.73. The van der Waals surface area contributed by atoms with E-state index in [-0.39, 0.29) is 17.4 Å². The minimum absolute atomic E-state index is 0.00858. The summed E-state index contributed by atoms with van der Waals surface area (Å²) < 4.78 is 19.8. The molecule has 1 aromatic carbocycles. The molecule has 1 fully saturated rings. The molecule has 2 aromatic rings. The lowest BCUT2D eigenvalue weighted by molar-refractivity contribution is 0.409. The molecule has 0 radical (unpaired) electrons. The number of hydrogen-bond acceptors (Lipinski definition) is 5. The second kappa shape index (κ2) is 7.43. The molecule has 148 valence electrons. The molecule has 6 heteroatoms. The lowest BCUT2D eigenvalue weighted by Crippen LogP contribution is -2.37. The quantitative estimate of drug-likeness (QED) is 0.735. The van der Waals surface area contributed by atoms with E-state index in [1.54, 1.807) is 19.2 Å². The molecule has 0 bridgehead atoms. The predicted octanol–water partition coefficient (Wildman–Crippen LogP) is 3.78. The number of benzene rings is 1. The maximum absolute atomic E-state index is 14.4. The van der Waals surface area contributed by atoms with E-state index >= 15 is 0 Å². The molecule has 28 heavy (non-hydrogen) atoms. The summed E-state index contributed by atoms with van der Waals surface area (Å²) in [7, 11) is 1.57. The van der Waals surface area contributed by atoms with Crippen molar-refractivity contribution in [3.8, 4) is 5.75 Å². The summed E-state index contributed by atoms with van der Waals surface area (Å²) in [5.41, 5.74) is 3.55. The molecule has 0 spiro atoms. The number of halogens is 1. The average Bonchev–Trinajstić information content (AvgIpc) is 3.30. The second-order valence-electron chi connectivity index (χ2n) is 7.98. The average molecular weight is 382 g/mol.